The Morgan fingerprint density at radius 1 is 1.10 bits per heavy atom. The van der Waals surface area contributed by atoms with Gasteiger partial charge in [0, 0.05) is 0 Å². The normalized spacial score (nSPS) is 14.3. The van der Waals surface area contributed by atoms with E-state index in [9.17, 15) is 14.4 Å². The van der Waals surface area contributed by atoms with Gasteiger partial charge in [-0.3, -0.25) is 4.57 Å². The Morgan fingerprint density at radius 2 is 1.50 bits per heavy atom. The lowest BCUT2D eigenvalue weighted by Crippen LogP contribution is -2.50. The second-order valence-electron chi connectivity index (χ2n) is 6.88. The van der Waals surface area contributed by atoms with Gasteiger partial charge in [0.15, 0.2) is 5.34 Å². The largest absolute Gasteiger partial charge is 0.357 e. The van der Waals surface area contributed by atoms with Crippen LogP contribution in [0, 0.1) is 0 Å². The van der Waals surface area contributed by atoms with Crippen LogP contribution < -0.4 is 0 Å². The summed E-state index contributed by atoms with van der Waals surface area (Å²) in [6, 6.07) is 0. The van der Waals surface area contributed by atoms with Gasteiger partial charge < -0.3 is 14.5 Å². The molecular weight excluding hydrogens is 273 g/mol. The third-order valence-electron chi connectivity index (χ3n) is 4.32. The quantitative estimate of drug-likeness (QED) is 0.531. The van der Waals surface area contributed by atoms with Crippen molar-refractivity contribution in [3.05, 3.63) is 0 Å². The summed E-state index contributed by atoms with van der Waals surface area (Å²) < 4.78 is 17.6. The zero-order valence-electron chi connectivity index (χ0n) is 14.2. The Labute approximate surface area is 125 Å². The van der Waals surface area contributed by atoms with Gasteiger partial charge in [-0.15, -0.1) is 0 Å². The fraction of sp³-hybridized carbons (Fsp3) is 1.00. The maximum atomic E-state index is 11.6. The Bertz CT molecular complexity index is 359. The van der Waals surface area contributed by atoms with E-state index in [1.807, 2.05) is 13.8 Å². The van der Waals surface area contributed by atoms with E-state index in [-0.39, 0.29) is 5.31 Å². The minimum atomic E-state index is -4.33. The van der Waals surface area contributed by atoms with Gasteiger partial charge in [-0.05, 0) is 33.0 Å². The Balaban J connectivity index is 5.51. The number of hydrogen-bond acceptors (Lipinski definition) is 2. The molecule has 4 nitrogen and oxygen atoms in total. The molecule has 0 aliphatic rings. The molecule has 20 heavy (non-hydrogen) atoms. The summed E-state index contributed by atoms with van der Waals surface area (Å²) >= 11 is 0. The van der Waals surface area contributed by atoms with Crippen molar-refractivity contribution in [1.82, 2.24) is 0 Å². The second-order valence-corrected chi connectivity index (χ2v) is 9.04. The molecule has 7 heteroatoms. The fourth-order valence-electron chi connectivity index (χ4n) is 2.96. The minimum absolute atomic E-state index is 0.215. The van der Waals surface area contributed by atoms with E-state index < -0.39 is 18.5 Å². The van der Waals surface area contributed by atoms with Crippen LogP contribution in [-0.4, -0.2) is 34.5 Å². The van der Waals surface area contributed by atoms with Crippen LogP contribution in [0.4, 0.5) is 0 Å². The number of hydrogen-bond donors (Lipinski definition) is 2. The molecule has 1 radical (unpaired) electrons. The summed E-state index contributed by atoms with van der Waals surface area (Å²) in [4.78, 5) is 19.0. The Hall–Kier alpha value is 0.240. The molecule has 0 aromatic carbocycles. The highest BCUT2D eigenvalue weighted by Gasteiger charge is 2.50. The molecule has 0 aromatic heterocycles. The lowest BCUT2D eigenvalue weighted by atomic mass is 9.15. The van der Waals surface area contributed by atoms with Crippen LogP contribution in [0.15, 0.2) is 0 Å². The van der Waals surface area contributed by atoms with Gasteiger partial charge >= 0.3 is 7.60 Å². The third-order valence-corrected chi connectivity index (χ3v) is 5.81. The molecule has 117 valence electrons. The van der Waals surface area contributed by atoms with Crippen LogP contribution in [0.5, 0.6) is 0 Å². The Morgan fingerprint density at radius 3 is 1.75 bits per heavy atom. The molecule has 0 aliphatic carbocycles. The zero-order chi connectivity index (χ0) is 16.4. The van der Waals surface area contributed by atoms with E-state index in [0.717, 1.165) is 12.8 Å². The van der Waals surface area contributed by atoms with E-state index in [4.69, 9.17) is 4.74 Å². The average Bonchev–Trinajstić information content (AvgIpc) is 2.22. The topological polar surface area (TPSA) is 66.8 Å². The molecule has 0 atom stereocenters. The predicted molar refractivity (Wildman–Crippen MR) is 87.8 cm³/mol. The highest BCUT2D eigenvalue weighted by molar-refractivity contribution is 7.53. The predicted octanol–water partition coefficient (Wildman–Crippen LogP) is 3.63. The monoisotopic (exact) mass is 303 g/mol. The minimum Gasteiger partial charge on any atom is -0.357 e. The van der Waals surface area contributed by atoms with Crippen LogP contribution in [0.25, 0.3) is 0 Å². The van der Waals surface area contributed by atoms with Crippen molar-refractivity contribution in [3.8, 4) is 0 Å². The van der Waals surface area contributed by atoms with E-state index >= 15 is 0 Å². The first-order valence-corrected chi connectivity index (χ1v) is 8.97. The summed E-state index contributed by atoms with van der Waals surface area (Å²) in [5.74, 6) is 0. The van der Waals surface area contributed by atoms with Crippen molar-refractivity contribution >= 4 is 21.4 Å². The summed E-state index contributed by atoms with van der Waals surface area (Å²) in [6.07, 6.45) is 1.73. The lowest BCUT2D eigenvalue weighted by Gasteiger charge is -2.50. The molecule has 0 aromatic rings. The van der Waals surface area contributed by atoms with Gasteiger partial charge in [-0.1, -0.05) is 40.3 Å². The molecule has 0 bridgehead atoms. The molecule has 0 amide bonds. The van der Waals surface area contributed by atoms with Crippen molar-refractivity contribution in [1.29, 1.82) is 0 Å². The van der Waals surface area contributed by atoms with Gasteiger partial charge in [0.25, 0.3) is 0 Å². The molecule has 2 N–H and O–H groups in total. The van der Waals surface area contributed by atoms with Gasteiger partial charge in [-0.2, -0.15) is 0 Å². The highest BCUT2D eigenvalue weighted by atomic mass is 31.2. The van der Waals surface area contributed by atoms with Crippen LogP contribution in [0.1, 0.15) is 54.4 Å². The standard InChI is InChI=1S/C13H30B2O4P/c1-9-13(10-2,14-15(7)8)11(3,4)19-12(5,6)20(16,17)18/h9-10H2,1-8H3,(H2,16,17,18). The molecule has 0 rings (SSSR count). The summed E-state index contributed by atoms with van der Waals surface area (Å²) in [5.41, 5.74) is -0.661. The maximum Gasteiger partial charge on any atom is 0.356 e. The van der Waals surface area contributed by atoms with Crippen molar-refractivity contribution in [2.75, 3.05) is 0 Å². The summed E-state index contributed by atoms with van der Waals surface area (Å²) in [7, 11) is -2.07. The molecule has 0 saturated heterocycles. The lowest BCUT2D eigenvalue weighted by molar-refractivity contribution is -0.116. The zero-order valence-corrected chi connectivity index (χ0v) is 15.1. The smallest absolute Gasteiger partial charge is 0.356 e. The summed E-state index contributed by atoms with van der Waals surface area (Å²) in [6.45, 7) is 15.6. The van der Waals surface area contributed by atoms with Crippen LogP contribution in [-0.2, 0) is 9.30 Å². The molecular formula is C13H30B2O4P. The van der Waals surface area contributed by atoms with Crippen molar-refractivity contribution in [3.63, 3.8) is 0 Å². The van der Waals surface area contributed by atoms with Crippen LogP contribution in [0.3, 0.4) is 0 Å². The third kappa shape index (κ3) is 4.37. The number of ether oxygens (including phenoxy) is 1. The first-order chi connectivity index (χ1) is 8.74. The first-order valence-electron chi connectivity index (χ1n) is 7.36. The van der Waals surface area contributed by atoms with Gasteiger partial charge in [0.1, 0.15) is 0 Å². The van der Waals surface area contributed by atoms with E-state index in [0.29, 0.717) is 6.60 Å². The Kier molecular flexibility index (Phi) is 6.64. The highest BCUT2D eigenvalue weighted by Crippen LogP contribution is 2.57. The first kappa shape index (κ1) is 20.2. The molecule has 0 saturated carbocycles. The van der Waals surface area contributed by atoms with Gasteiger partial charge in [-0.25, -0.2) is 0 Å². The van der Waals surface area contributed by atoms with Crippen molar-refractivity contribution in [2.24, 2.45) is 0 Å². The summed E-state index contributed by atoms with van der Waals surface area (Å²) in [5, 5.41) is -1.70. The molecule has 0 unspecified atom stereocenters. The van der Waals surface area contributed by atoms with E-state index in [1.165, 1.54) is 13.8 Å². The molecule has 0 spiro atoms. The molecule has 0 fully saturated rings. The van der Waals surface area contributed by atoms with Crippen molar-refractivity contribution in [2.45, 2.75) is 84.3 Å². The SMILES string of the molecule is CCC([B]B(C)C)(CC)C(C)(C)OC(C)(C)P(=O)(O)O. The van der Waals surface area contributed by atoms with Gasteiger partial charge in [0.05, 0.1) is 19.4 Å². The van der Waals surface area contributed by atoms with E-state index in [1.54, 1.807) is 0 Å². The van der Waals surface area contributed by atoms with Crippen LogP contribution in [0.2, 0.25) is 19.0 Å². The van der Waals surface area contributed by atoms with Crippen LogP contribution >= 0.6 is 7.60 Å². The maximum absolute atomic E-state index is 11.6. The fourth-order valence-corrected chi connectivity index (χ4v) is 3.31. The number of rotatable bonds is 8. The van der Waals surface area contributed by atoms with Crippen molar-refractivity contribution < 1.29 is 19.1 Å². The van der Waals surface area contributed by atoms with Gasteiger partial charge in [0.2, 0.25) is 0 Å². The molecule has 0 aliphatic heterocycles. The second kappa shape index (κ2) is 6.56. The van der Waals surface area contributed by atoms with E-state index in [2.05, 4.69) is 34.7 Å². The average molecular weight is 303 g/mol. The molecule has 0 heterocycles.